The zero-order valence-electron chi connectivity index (χ0n) is 13.1. The van der Waals surface area contributed by atoms with Crippen LogP contribution in [0.4, 0.5) is 0 Å². The minimum Gasteiger partial charge on any atom is -0.361 e. The Hall–Kier alpha value is -2.11. The lowest BCUT2D eigenvalue weighted by Gasteiger charge is -2.19. The van der Waals surface area contributed by atoms with Crippen molar-refractivity contribution in [2.75, 3.05) is 19.6 Å². The second-order valence-corrected chi connectivity index (χ2v) is 5.00. The molecule has 1 aromatic heterocycles. The number of nitrogens with one attached hydrogen (secondary N) is 1. The van der Waals surface area contributed by atoms with E-state index in [2.05, 4.69) is 17.1 Å². The van der Waals surface area contributed by atoms with Gasteiger partial charge in [0.25, 0.3) is 0 Å². The van der Waals surface area contributed by atoms with Crippen LogP contribution in [0.1, 0.15) is 36.8 Å². The predicted octanol–water partition coefficient (Wildman–Crippen LogP) is 1.55. The van der Waals surface area contributed by atoms with Gasteiger partial charge in [0.15, 0.2) is 0 Å². The van der Waals surface area contributed by atoms with Gasteiger partial charge in [0.05, 0.1) is 12.2 Å². The third kappa shape index (κ3) is 4.44. The lowest BCUT2D eigenvalue weighted by molar-refractivity contribution is -0.132. The van der Waals surface area contributed by atoms with Crippen LogP contribution in [0.5, 0.6) is 0 Å². The Morgan fingerprint density at radius 2 is 2.14 bits per heavy atom. The molecule has 0 saturated heterocycles. The molecular formula is C15H23N3O3. The Kier molecular flexibility index (Phi) is 6.14. The normalized spacial score (nSPS) is 11.8. The lowest BCUT2D eigenvalue weighted by Crippen LogP contribution is -2.40. The SMILES string of the molecule is C=CC(=O)N(CC)CC(=O)NCC(C)c1c(C)noc1C. The van der Waals surface area contributed by atoms with Crippen LogP contribution in [-0.4, -0.2) is 41.5 Å². The highest BCUT2D eigenvalue weighted by molar-refractivity contribution is 5.90. The van der Waals surface area contributed by atoms with Crippen molar-refractivity contribution >= 4 is 11.8 Å². The van der Waals surface area contributed by atoms with Gasteiger partial charge in [-0.3, -0.25) is 9.59 Å². The summed E-state index contributed by atoms with van der Waals surface area (Å²) in [6, 6.07) is 0. The number of aryl methyl sites for hydroxylation is 2. The van der Waals surface area contributed by atoms with Crippen LogP contribution < -0.4 is 5.32 Å². The zero-order valence-corrected chi connectivity index (χ0v) is 13.1. The summed E-state index contributed by atoms with van der Waals surface area (Å²) in [6.45, 7) is 12.0. The van der Waals surface area contributed by atoms with E-state index in [4.69, 9.17) is 4.52 Å². The maximum Gasteiger partial charge on any atom is 0.246 e. The first-order chi connectivity index (χ1) is 9.90. The van der Waals surface area contributed by atoms with E-state index in [-0.39, 0.29) is 24.3 Å². The molecule has 2 amide bonds. The molecule has 0 bridgehead atoms. The van der Waals surface area contributed by atoms with Crippen molar-refractivity contribution in [3.05, 3.63) is 29.7 Å². The molecule has 0 aromatic carbocycles. The zero-order chi connectivity index (χ0) is 16.0. The van der Waals surface area contributed by atoms with E-state index in [0.29, 0.717) is 13.1 Å². The van der Waals surface area contributed by atoms with Crippen molar-refractivity contribution < 1.29 is 14.1 Å². The van der Waals surface area contributed by atoms with Gasteiger partial charge in [-0.2, -0.15) is 0 Å². The van der Waals surface area contributed by atoms with Crippen LogP contribution >= 0.6 is 0 Å². The maximum atomic E-state index is 11.9. The molecule has 6 nitrogen and oxygen atoms in total. The van der Waals surface area contributed by atoms with Crippen molar-refractivity contribution in [3.63, 3.8) is 0 Å². The second kappa shape index (κ2) is 7.61. The van der Waals surface area contributed by atoms with E-state index in [0.717, 1.165) is 17.0 Å². The lowest BCUT2D eigenvalue weighted by atomic mass is 9.99. The molecule has 6 heteroatoms. The third-order valence-corrected chi connectivity index (χ3v) is 3.39. The molecule has 0 radical (unpaired) electrons. The van der Waals surface area contributed by atoms with Gasteiger partial charge in [0, 0.05) is 24.6 Å². The number of carbonyl (C=O) groups excluding carboxylic acids is 2. The van der Waals surface area contributed by atoms with Crippen molar-refractivity contribution in [2.45, 2.75) is 33.6 Å². The molecular weight excluding hydrogens is 270 g/mol. The van der Waals surface area contributed by atoms with E-state index >= 15 is 0 Å². The second-order valence-electron chi connectivity index (χ2n) is 5.00. The van der Waals surface area contributed by atoms with E-state index in [1.54, 1.807) is 0 Å². The van der Waals surface area contributed by atoms with Gasteiger partial charge in [-0.15, -0.1) is 0 Å². The molecule has 0 saturated carbocycles. The van der Waals surface area contributed by atoms with Gasteiger partial charge in [-0.05, 0) is 26.8 Å². The molecule has 1 atom stereocenters. The molecule has 1 aromatic rings. The fourth-order valence-electron chi connectivity index (χ4n) is 2.27. The quantitative estimate of drug-likeness (QED) is 0.774. The highest BCUT2D eigenvalue weighted by Gasteiger charge is 2.18. The van der Waals surface area contributed by atoms with Crippen molar-refractivity contribution in [3.8, 4) is 0 Å². The maximum absolute atomic E-state index is 11.9. The molecule has 0 aliphatic carbocycles. The van der Waals surface area contributed by atoms with Crippen LogP contribution in [0.3, 0.4) is 0 Å². The molecule has 1 unspecified atom stereocenters. The summed E-state index contributed by atoms with van der Waals surface area (Å²) in [5.74, 6) is 0.439. The molecule has 0 aliphatic rings. The van der Waals surface area contributed by atoms with Gasteiger partial charge in [0.2, 0.25) is 11.8 Å². The fraction of sp³-hybridized carbons (Fsp3) is 0.533. The average Bonchev–Trinajstić information content (AvgIpc) is 2.80. The summed E-state index contributed by atoms with van der Waals surface area (Å²) in [5.41, 5.74) is 1.86. The minimum atomic E-state index is -0.244. The Labute approximate surface area is 125 Å². The standard InChI is InChI=1S/C15H23N3O3/c1-6-14(20)18(7-2)9-13(19)16-8-10(3)15-11(4)17-21-12(15)5/h6,10H,1,7-9H2,2-5H3,(H,16,19). The van der Waals surface area contributed by atoms with Crippen LogP contribution in [0.15, 0.2) is 17.2 Å². The average molecular weight is 293 g/mol. The number of amides is 2. The number of aromatic nitrogens is 1. The van der Waals surface area contributed by atoms with Gasteiger partial charge in [-0.25, -0.2) is 0 Å². The number of hydrogen-bond donors (Lipinski definition) is 1. The Morgan fingerprint density at radius 3 is 2.62 bits per heavy atom. The molecule has 0 fully saturated rings. The minimum absolute atomic E-state index is 0.0374. The Balaban J connectivity index is 2.53. The van der Waals surface area contributed by atoms with Crippen molar-refractivity contribution in [1.82, 2.24) is 15.4 Å². The first-order valence-corrected chi connectivity index (χ1v) is 7.01. The van der Waals surface area contributed by atoms with E-state index < -0.39 is 0 Å². The van der Waals surface area contributed by atoms with E-state index in [9.17, 15) is 9.59 Å². The highest BCUT2D eigenvalue weighted by Crippen LogP contribution is 2.22. The molecule has 1 heterocycles. The van der Waals surface area contributed by atoms with Gasteiger partial charge >= 0.3 is 0 Å². The smallest absolute Gasteiger partial charge is 0.246 e. The molecule has 0 spiro atoms. The van der Waals surface area contributed by atoms with Crippen LogP contribution in [0, 0.1) is 13.8 Å². The summed E-state index contributed by atoms with van der Waals surface area (Å²) in [7, 11) is 0. The van der Waals surface area contributed by atoms with Crippen molar-refractivity contribution in [1.29, 1.82) is 0 Å². The topological polar surface area (TPSA) is 75.4 Å². The summed E-state index contributed by atoms with van der Waals surface area (Å²) >= 11 is 0. The highest BCUT2D eigenvalue weighted by atomic mass is 16.5. The summed E-state index contributed by atoms with van der Waals surface area (Å²) < 4.78 is 5.12. The van der Waals surface area contributed by atoms with E-state index in [1.165, 1.54) is 11.0 Å². The molecule has 21 heavy (non-hydrogen) atoms. The molecule has 1 N–H and O–H groups in total. The predicted molar refractivity (Wildman–Crippen MR) is 79.9 cm³/mol. The van der Waals surface area contributed by atoms with Crippen LogP contribution in [0.25, 0.3) is 0 Å². The first-order valence-electron chi connectivity index (χ1n) is 7.01. The van der Waals surface area contributed by atoms with Gasteiger partial charge in [-0.1, -0.05) is 18.7 Å². The number of rotatable bonds is 7. The molecule has 116 valence electrons. The summed E-state index contributed by atoms with van der Waals surface area (Å²) in [4.78, 5) is 24.8. The summed E-state index contributed by atoms with van der Waals surface area (Å²) in [5, 5.41) is 6.74. The molecule has 0 aliphatic heterocycles. The number of nitrogens with zero attached hydrogens (tertiary/aromatic N) is 2. The van der Waals surface area contributed by atoms with Crippen molar-refractivity contribution in [2.24, 2.45) is 0 Å². The van der Waals surface area contributed by atoms with E-state index in [1.807, 2.05) is 27.7 Å². The van der Waals surface area contributed by atoms with Gasteiger partial charge in [0.1, 0.15) is 5.76 Å². The number of hydrogen-bond acceptors (Lipinski definition) is 4. The fourth-order valence-corrected chi connectivity index (χ4v) is 2.27. The van der Waals surface area contributed by atoms with Crippen LogP contribution in [-0.2, 0) is 9.59 Å². The van der Waals surface area contributed by atoms with Crippen LogP contribution in [0.2, 0.25) is 0 Å². The number of likely N-dealkylation sites (N-methyl/N-ethyl adjacent to an activating group) is 1. The Bertz CT molecular complexity index is 503. The largest absolute Gasteiger partial charge is 0.361 e. The Morgan fingerprint density at radius 1 is 1.48 bits per heavy atom. The monoisotopic (exact) mass is 293 g/mol. The molecule has 1 rings (SSSR count). The first kappa shape index (κ1) is 16.9. The summed E-state index contributed by atoms with van der Waals surface area (Å²) in [6.07, 6.45) is 1.21. The number of carbonyl (C=O) groups is 2. The third-order valence-electron chi connectivity index (χ3n) is 3.39. The van der Waals surface area contributed by atoms with Gasteiger partial charge < -0.3 is 14.7 Å².